The number of likely N-dealkylation sites (tertiary alicyclic amines) is 1. The number of carbonyl (C=O) groups is 1. The van der Waals surface area contributed by atoms with Crippen molar-refractivity contribution in [3.8, 4) is 0 Å². The van der Waals surface area contributed by atoms with Crippen molar-refractivity contribution in [1.29, 1.82) is 0 Å². The lowest BCUT2D eigenvalue weighted by molar-refractivity contribution is -0.940. The van der Waals surface area contributed by atoms with Crippen LogP contribution in [0.3, 0.4) is 0 Å². The summed E-state index contributed by atoms with van der Waals surface area (Å²) in [7, 11) is 0. The van der Waals surface area contributed by atoms with Crippen LogP contribution in [0.1, 0.15) is 35.0 Å². The fourth-order valence-corrected chi connectivity index (χ4v) is 2.54. The summed E-state index contributed by atoms with van der Waals surface area (Å²) >= 11 is 0. The standard InChI is InChI=1S/C12H13NO2/c14-12-10-6-2-1-5-9(10)11(15-12)13-7-3-4-8-13/h1-2,5-6,11H,3-4,7-8H2/p+1/t11-/m1/s1. The van der Waals surface area contributed by atoms with Gasteiger partial charge in [0.2, 0.25) is 0 Å². The Hall–Kier alpha value is -1.35. The van der Waals surface area contributed by atoms with Crippen LogP contribution in [0.15, 0.2) is 24.3 Å². The molecule has 1 saturated heterocycles. The number of hydrogen-bond donors (Lipinski definition) is 1. The summed E-state index contributed by atoms with van der Waals surface area (Å²) in [5, 5.41) is 0. The van der Waals surface area contributed by atoms with E-state index >= 15 is 0 Å². The summed E-state index contributed by atoms with van der Waals surface area (Å²) < 4.78 is 5.44. The lowest BCUT2D eigenvalue weighted by atomic mass is 10.1. The molecule has 0 unspecified atom stereocenters. The van der Waals surface area contributed by atoms with Crippen molar-refractivity contribution in [2.24, 2.45) is 0 Å². The predicted octanol–water partition coefficient (Wildman–Crippen LogP) is 0.534. The number of quaternary nitrogens is 1. The van der Waals surface area contributed by atoms with Gasteiger partial charge < -0.3 is 4.74 Å². The SMILES string of the molecule is O=C1O[C@@H]([NH+]2CCCC2)c2ccccc21. The summed E-state index contributed by atoms with van der Waals surface area (Å²) in [6, 6.07) is 7.73. The van der Waals surface area contributed by atoms with Gasteiger partial charge in [-0.25, -0.2) is 4.79 Å². The minimum Gasteiger partial charge on any atom is -0.404 e. The number of carbonyl (C=O) groups excluding carboxylic acids is 1. The van der Waals surface area contributed by atoms with Crippen LogP contribution in [-0.2, 0) is 4.74 Å². The van der Waals surface area contributed by atoms with E-state index in [1.54, 1.807) is 0 Å². The molecule has 1 atom stereocenters. The van der Waals surface area contributed by atoms with Crippen LogP contribution < -0.4 is 4.90 Å². The quantitative estimate of drug-likeness (QED) is 0.677. The molecule has 15 heavy (non-hydrogen) atoms. The summed E-state index contributed by atoms with van der Waals surface area (Å²) in [6.45, 7) is 2.23. The first-order valence-electron chi connectivity index (χ1n) is 5.51. The van der Waals surface area contributed by atoms with Crippen molar-refractivity contribution in [2.75, 3.05) is 13.1 Å². The third-order valence-corrected chi connectivity index (χ3v) is 3.30. The van der Waals surface area contributed by atoms with Crippen LogP contribution >= 0.6 is 0 Å². The average Bonchev–Trinajstić information content (AvgIpc) is 2.87. The lowest BCUT2D eigenvalue weighted by Crippen LogP contribution is -3.10. The zero-order valence-corrected chi connectivity index (χ0v) is 8.53. The molecule has 0 saturated carbocycles. The van der Waals surface area contributed by atoms with Crippen LogP contribution in [0.5, 0.6) is 0 Å². The Morgan fingerprint density at radius 3 is 2.73 bits per heavy atom. The number of esters is 1. The molecule has 2 aliphatic rings. The van der Waals surface area contributed by atoms with Gasteiger partial charge in [-0.05, 0) is 12.1 Å². The van der Waals surface area contributed by atoms with Gasteiger partial charge in [-0.15, -0.1) is 0 Å². The van der Waals surface area contributed by atoms with Crippen molar-refractivity contribution < 1.29 is 14.4 Å². The van der Waals surface area contributed by atoms with Crippen LogP contribution in [0.4, 0.5) is 0 Å². The number of nitrogens with one attached hydrogen (secondary N) is 1. The van der Waals surface area contributed by atoms with Crippen molar-refractivity contribution in [3.63, 3.8) is 0 Å². The highest BCUT2D eigenvalue weighted by Crippen LogP contribution is 2.26. The first-order chi connectivity index (χ1) is 7.36. The fourth-order valence-electron chi connectivity index (χ4n) is 2.54. The molecule has 3 nitrogen and oxygen atoms in total. The minimum atomic E-state index is -0.157. The largest absolute Gasteiger partial charge is 0.404 e. The van der Waals surface area contributed by atoms with E-state index in [2.05, 4.69) is 0 Å². The van der Waals surface area contributed by atoms with Gasteiger partial charge in [0, 0.05) is 12.8 Å². The van der Waals surface area contributed by atoms with Crippen LogP contribution in [0.2, 0.25) is 0 Å². The van der Waals surface area contributed by atoms with E-state index in [0.29, 0.717) is 0 Å². The van der Waals surface area contributed by atoms with Crippen molar-refractivity contribution in [2.45, 2.75) is 19.1 Å². The van der Waals surface area contributed by atoms with Crippen molar-refractivity contribution >= 4 is 5.97 Å². The van der Waals surface area contributed by atoms with E-state index in [-0.39, 0.29) is 12.2 Å². The molecule has 2 heterocycles. The smallest absolute Gasteiger partial charge is 0.343 e. The van der Waals surface area contributed by atoms with Crippen molar-refractivity contribution in [1.82, 2.24) is 0 Å². The monoisotopic (exact) mass is 204 g/mol. The highest BCUT2D eigenvalue weighted by Gasteiger charge is 2.38. The summed E-state index contributed by atoms with van der Waals surface area (Å²) in [5.74, 6) is -0.157. The number of rotatable bonds is 1. The Morgan fingerprint density at radius 2 is 1.93 bits per heavy atom. The summed E-state index contributed by atoms with van der Waals surface area (Å²) in [4.78, 5) is 13.0. The number of cyclic esters (lactones) is 1. The second-order valence-corrected chi connectivity index (χ2v) is 4.24. The molecule has 0 aliphatic carbocycles. The Kier molecular flexibility index (Phi) is 1.99. The topological polar surface area (TPSA) is 30.7 Å². The van der Waals surface area contributed by atoms with Crippen LogP contribution in [0, 0.1) is 0 Å². The first kappa shape index (κ1) is 8.92. The maximum Gasteiger partial charge on any atom is 0.343 e. The van der Waals surface area contributed by atoms with Gasteiger partial charge in [-0.2, -0.15) is 0 Å². The van der Waals surface area contributed by atoms with E-state index in [9.17, 15) is 4.79 Å². The second kappa shape index (κ2) is 3.35. The van der Waals surface area contributed by atoms with E-state index < -0.39 is 0 Å². The zero-order chi connectivity index (χ0) is 10.3. The lowest BCUT2D eigenvalue weighted by Gasteiger charge is -2.19. The molecular formula is C12H14NO2+. The molecule has 0 bridgehead atoms. The third-order valence-electron chi connectivity index (χ3n) is 3.30. The maximum absolute atomic E-state index is 11.6. The molecule has 1 fully saturated rings. The minimum absolute atomic E-state index is 0.0452. The van der Waals surface area contributed by atoms with Gasteiger partial charge >= 0.3 is 5.97 Å². The molecule has 1 aromatic carbocycles. The van der Waals surface area contributed by atoms with Crippen molar-refractivity contribution in [3.05, 3.63) is 35.4 Å². The van der Waals surface area contributed by atoms with E-state index in [1.165, 1.54) is 17.7 Å². The summed E-state index contributed by atoms with van der Waals surface area (Å²) in [5.41, 5.74) is 1.82. The Balaban J connectivity index is 1.97. The van der Waals surface area contributed by atoms with Crippen LogP contribution in [0.25, 0.3) is 0 Å². The first-order valence-corrected chi connectivity index (χ1v) is 5.51. The molecule has 78 valence electrons. The normalized spacial score (nSPS) is 25.3. The van der Waals surface area contributed by atoms with E-state index in [1.807, 2.05) is 24.3 Å². The number of benzene rings is 1. The fraction of sp³-hybridized carbons (Fsp3) is 0.417. The molecule has 1 N–H and O–H groups in total. The van der Waals surface area contributed by atoms with Gasteiger partial charge in [-0.3, -0.25) is 4.90 Å². The van der Waals surface area contributed by atoms with Crippen LogP contribution in [-0.4, -0.2) is 19.1 Å². The van der Waals surface area contributed by atoms with Gasteiger partial charge in [0.25, 0.3) is 6.23 Å². The number of fused-ring (bicyclic) bond motifs is 1. The van der Waals surface area contributed by atoms with Gasteiger partial charge in [0.1, 0.15) is 0 Å². The molecule has 0 radical (unpaired) electrons. The van der Waals surface area contributed by atoms with Gasteiger partial charge in [0.15, 0.2) is 0 Å². The second-order valence-electron chi connectivity index (χ2n) is 4.24. The molecule has 2 aliphatic heterocycles. The Bertz CT molecular complexity index is 396. The highest BCUT2D eigenvalue weighted by molar-refractivity contribution is 5.93. The van der Waals surface area contributed by atoms with E-state index in [4.69, 9.17) is 4.74 Å². The zero-order valence-electron chi connectivity index (χ0n) is 8.53. The maximum atomic E-state index is 11.6. The third kappa shape index (κ3) is 1.35. The molecule has 1 aromatic rings. The molecule has 0 aromatic heterocycles. The molecule has 0 spiro atoms. The highest BCUT2D eigenvalue weighted by atomic mass is 16.6. The van der Waals surface area contributed by atoms with Gasteiger partial charge in [-0.1, -0.05) is 12.1 Å². The predicted molar refractivity (Wildman–Crippen MR) is 54.5 cm³/mol. The summed E-state index contributed by atoms with van der Waals surface area (Å²) in [6.07, 6.45) is 2.44. The molecule has 3 heteroatoms. The molecule has 3 rings (SSSR count). The number of hydrogen-bond acceptors (Lipinski definition) is 2. The van der Waals surface area contributed by atoms with E-state index in [0.717, 1.165) is 24.2 Å². The average molecular weight is 204 g/mol. The Labute approximate surface area is 88.6 Å². The molecule has 0 amide bonds. The Morgan fingerprint density at radius 1 is 1.20 bits per heavy atom. The number of ether oxygens (including phenoxy) is 1. The molecular weight excluding hydrogens is 190 g/mol. The van der Waals surface area contributed by atoms with Gasteiger partial charge in [0.05, 0.1) is 24.2 Å².